The van der Waals surface area contributed by atoms with Crippen LogP contribution in [0.4, 0.5) is 0 Å². The monoisotopic (exact) mass is 828 g/mol. The Balaban J connectivity index is 1.02. The lowest BCUT2D eigenvalue weighted by Crippen LogP contribution is -2.27. The van der Waals surface area contributed by atoms with E-state index in [-0.39, 0.29) is 5.41 Å². The first kappa shape index (κ1) is 38.8. The van der Waals surface area contributed by atoms with Crippen LogP contribution in [0.25, 0.3) is 99.1 Å². The molecule has 11 aromatic carbocycles. The van der Waals surface area contributed by atoms with Crippen LogP contribution in [0.2, 0.25) is 0 Å². The molecule has 0 amide bonds. The Bertz CT molecular complexity index is 3450. The molecule has 0 saturated carbocycles. The second kappa shape index (κ2) is 16.1. The fraction of sp³-hybridized carbons (Fsp3) is 0.0769. The summed E-state index contributed by atoms with van der Waals surface area (Å²) < 4.78 is 0. The molecule has 0 radical (unpaired) electrons. The van der Waals surface area contributed by atoms with Crippen molar-refractivity contribution in [3.63, 3.8) is 0 Å². The summed E-state index contributed by atoms with van der Waals surface area (Å²) in [4.78, 5) is 0. The standard InChI is InChI=1S/C65H48/c1-2-3-38-65(54-36-34-46-22-10-11-23-49(46)42-54)61-29-17-16-24-55(61)56-37-35-50(43-62(56)65)64-59-27-14-12-25-57(59)63(58-26-13-15-28-60(58)64)48-32-30-47(31-33-48)53-40-51(44-18-6-4-7-19-44)39-52(41-53)45-20-8-5-9-21-45/h4-37,39-43H,2-3,38H2,1H3. The van der Waals surface area contributed by atoms with Crippen molar-refractivity contribution in [1.82, 2.24) is 0 Å². The van der Waals surface area contributed by atoms with E-state index in [1.165, 1.54) is 116 Å². The molecule has 0 N–H and O–H groups in total. The minimum absolute atomic E-state index is 0.266. The molecule has 11 aromatic rings. The summed E-state index contributed by atoms with van der Waals surface area (Å²) >= 11 is 0. The minimum atomic E-state index is -0.266. The number of hydrogen-bond donors (Lipinski definition) is 0. The van der Waals surface area contributed by atoms with Crippen LogP contribution in [0.1, 0.15) is 42.9 Å². The molecule has 0 saturated heterocycles. The normalized spacial score (nSPS) is 14.2. The second-order valence-corrected chi connectivity index (χ2v) is 17.8. The molecule has 1 unspecified atom stereocenters. The number of benzene rings is 11. The van der Waals surface area contributed by atoms with Crippen molar-refractivity contribution in [2.24, 2.45) is 0 Å². The summed E-state index contributed by atoms with van der Waals surface area (Å²) in [6.45, 7) is 2.32. The molecule has 65 heavy (non-hydrogen) atoms. The summed E-state index contributed by atoms with van der Waals surface area (Å²) in [5.74, 6) is 0. The Hall–Kier alpha value is -7.80. The summed E-state index contributed by atoms with van der Waals surface area (Å²) in [6.07, 6.45) is 3.33. The Morgan fingerprint density at radius 2 is 0.769 bits per heavy atom. The van der Waals surface area contributed by atoms with Crippen molar-refractivity contribution >= 4 is 32.3 Å². The van der Waals surface area contributed by atoms with E-state index in [0.29, 0.717) is 0 Å². The van der Waals surface area contributed by atoms with Gasteiger partial charge in [-0.1, -0.05) is 226 Å². The van der Waals surface area contributed by atoms with E-state index < -0.39 is 0 Å². The largest absolute Gasteiger partial charge is 0.0654 e. The molecule has 12 rings (SSSR count). The van der Waals surface area contributed by atoms with Crippen LogP contribution in [0.3, 0.4) is 0 Å². The Morgan fingerprint density at radius 1 is 0.308 bits per heavy atom. The summed E-state index contributed by atoms with van der Waals surface area (Å²) in [6, 6.07) is 88.5. The number of hydrogen-bond acceptors (Lipinski definition) is 0. The summed E-state index contributed by atoms with van der Waals surface area (Å²) in [5, 5.41) is 7.65. The van der Waals surface area contributed by atoms with Gasteiger partial charge in [0.2, 0.25) is 0 Å². The highest BCUT2D eigenvalue weighted by atomic mass is 14.5. The van der Waals surface area contributed by atoms with Crippen LogP contribution < -0.4 is 0 Å². The molecule has 1 atom stereocenters. The molecule has 0 aliphatic heterocycles. The molecule has 1 aliphatic rings. The van der Waals surface area contributed by atoms with Gasteiger partial charge in [0.15, 0.2) is 0 Å². The SMILES string of the molecule is CCCCC1(c2ccc3ccccc3c2)c2ccccc2-c2ccc(-c3c4ccccc4c(-c4ccc(-c5cc(-c6ccccc6)cc(-c6ccccc6)c5)cc4)c4ccccc34)cc21. The summed E-state index contributed by atoms with van der Waals surface area (Å²) in [5.41, 5.74) is 19.0. The quantitative estimate of drug-likeness (QED) is 0.127. The third kappa shape index (κ3) is 6.51. The summed E-state index contributed by atoms with van der Waals surface area (Å²) in [7, 11) is 0. The van der Waals surface area contributed by atoms with E-state index in [4.69, 9.17) is 0 Å². The minimum Gasteiger partial charge on any atom is -0.0654 e. The molecule has 0 bridgehead atoms. The first-order valence-electron chi connectivity index (χ1n) is 23.2. The van der Waals surface area contributed by atoms with Gasteiger partial charge in [-0.2, -0.15) is 0 Å². The van der Waals surface area contributed by atoms with Gasteiger partial charge in [-0.3, -0.25) is 0 Å². The maximum atomic E-state index is 2.57. The predicted octanol–water partition coefficient (Wildman–Crippen LogP) is 18.0. The highest BCUT2D eigenvalue weighted by Crippen LogP contribution is 2.57. The zero-order valence-electron chi connectivity index (χ0n) is 36.6. The van der Waals surface area contributed by atoms with Gasteiger partial charge in [0.25, 0.3) is 0 Å². The van der Waals surface area contributed by atoms with E-state index in [0.717, 1.165) is 19.3 Å². The first-order valence-corrected chi connectivity index (χ1v) is 23.2. The zero-order chi connectivity index (χ0) is 43.3. The molecule has 308 valence electrons. The number of rotatable bonds is 9. The molecule has 0 fully saturated rings. The van der Waals surface area contributed by atoms with Gasteiger partial charge in [0.05, 0.1) is 0 Å². The fourth-order valence-corrected chi connectivity index (χ4v) is 11.1. The Labute approximate surface area is 382 Å². The van der Waals surface area contributed by atoms with Gasteiger partial charge in [-0.25, -0.2) is 0 Å². The Morgan fingerprint density at radius 3 is 1.37 bits per heavy atom. The van der Waals surface area contributed by atoms with Gasteiger partial charge in [0.1, 0.15) is 0 Å². The van der Waals surface area contributed by atoms with Crippen molar-refractivity contribution in [3.05, 3.63) is 253 Å². The van der Waals surface area contributed by atoms with Crippen LogP contribution >= 0.6 is 0 Å². The molecule has 0 heteroatoms. The van der Waals surface area contributed by atoms with E-state index in [9.17, 15) is 0 Å². The van der Waals surface area contributed by atoms with Gasteiger partial charge in [-0.05, 0) is 153 Å². The molecular weight excluding hydrogens is 781 g/mol. The molecule has 0 heterocycles. The zero-order valence-corrected chi connectivity index (χ0v) is 36.6. The van der Waals surface area contributed by atoms with Crippen molar-refractivity contribution in [2.75, 3.05) is 0 Å². The maximum absolute atomic E-state index is 2.57. The predicted molar refractivity (Wildman–Crippen MR) is 277 cm³/mol. The smallest absolute Gasteiger partial charge is 0.0464 e. The van der Waals surface area contributed by atoms with E-state index in [1.807, 2.05) is 0 Å². The van der Waals surface area contributed by atoms with Crippen molar-refractivity contribution < 1.29 is 0 Å². The van der Waals surface area contributed by atoms with Crippen molar-refractivity contribution in [2.45, 2.75) is 31.6 Å². The van der Waals surface area contributed by atoms with Crippen LogP contribution in [0.5, 0.6) is 0 Å². The molecule has 0 nitrogen and oxygen atoms in total. The number of fused-ring (bicyclic) bond motifs is 6. The van der Waals surface area contributed by atoms with Gasteiger partial charge < -0.3 is 0 Å². The molecule has 0 aromatic heterocycles. The second-order valence-electron chi connectivity index (χ2n) is 17.8. The maximum Gasteiger partial charge on any atom is 0.0464 e. The van der Waals surface area contributed by atoms with Crippen molar-refractivity contribution in [1.29, 1.82) is 0 Å². The lowest BCUT2D eigenvalue weighted by molar-refractivity contribution is 0.539. The average Bonchev–Trinajstić information content (AvgIpc) is 3.67. The highest BCUT2D eigenvalue weighted by molar-refractivity contribution is 6.21. The highest BCUT2D eigenvalue weighted by Gasteiger charge is 2.44. The van der Waals surface area contributed by atoms with Crippen LogP contribution in [0.15, 0.2) is 237 Å². The van der Waals surface area contributed by atoms with Gasteiger partial charge in [0, 0.05) is 5.41 Å². The van der Waals surface area contributed by atoms with E-state index >= 15 is 0 Å². The van der Waals surface area contributed by atoms with Crippen LogP contribution in [-0.2, 0) is 5.41 Å². The molecule has 0 spiro atoms. The lowest BCUT2D eigenvalue weighted by Gasteiger charge is -2.34. The van der Waals surface area contributed by atoms with E-state index in [1.54, 1.807) is 0 Å². The topological polar surface area (TPSA) is 0 Å². The molecule has 1 aliphatic carbocycles. The van der Waals surface area contributed by atoms with Gasteiger partial charge in [-0.15, -0.1) is 0 Å². The van der Waals surface area contributed by atoms with Crippen LogP contribution in [-0.4, -0.2) is 0 Å². The van der Waals surface area contributed by atoms with Crippen molar-refractivity contribution in [3.8, 4) is 66.8 Å². The fourth-order valence-electron chi connectivity index (χ4n) is 11.1. The molecular formula is C65H48. The third-order valence-corrected chi connectivity index (χ3v) is 14.2. The van der Waals surface area contributed by atoms with Gasteiger partial charge >= 0.3 is 0 Å². The third-order valence-electron chi connectivity index (χ3n) is 14.2. The lowest BCUT2D eigenvalue weighted by atomic mass is 9.68. The average molecular weight is 829 g/mol. The Kier molecular flexibility index (Phi) is 9.61. The first-order chi connectivity index (χ1) is 32.2. The number of unbranched alkanes of at least 4 members (excludes halogenated alkanes) is 1. The van der Waals surface area contributed by atoms with Crippen LogP contribution in [0, 0.1) is 0 Å². The van der Waals surface area contributed by atoms with E-state index in [2.05, 4.69) is 244 Å².